The molecule has 0 saturated carbocycles. The van der Waals surface area contributed by atoms with E-state index in [1.165, 1.54) is 19.2 Å². The lowest BCUT2D eigenvalue weighted by Gasteiger charge is -2.08. The number of aromatic carboxylic acids is 1. The van der Waals surface area contributed by atoms with Crippen molar-refractivity contribution in [3.63, 3.8) is 0 Å². The molecule has 0 amide bonds. The maximum Gasteiger partial charge on any atom is 0.335 e. The summed E-state index contributed by atoms with van der Waals surface area (Å²) < 4.78 is 5.22. The van der Waals surface area contributed by atoms with Crippen molar-refractivity contribution in [2.24, 2.45) is 0 Å². The zero-order valence-electron chi connectivity index (χ0n) is 11.3. The predicted octanol–water partition coefficient (Wildman–Crippen LogP) is 2.89. The van der Waals surface area contributed by atoms with Crippen molar-refractivity contribution >= 4 is 11.7 Å². The molecule has 1 N–H and O–H groups in total. The average molecular weight is 287 g/mol. The zero-order valence-corrected chi connectivity index (χ0v) is 11.3. The standard InChI is InChI=1S/C15H13NO5/c1-21-14-5-3-2-4-11(14)6-10-7-12(15(17)18)9-13(8-10)16(19)20/h2-5,7-9H,6H2,1H3,(H,17,18). The van der Waals surface area contributed by atoms with Crippen molar-refractivity contribution in [2.75, 3.05) is 7.11 Å². The number of benzene rings is 2. The Morgan fingerprint density at radius 3 is 2.62 bits per heavy atom. The third kappa shape index (κ3) is 3.36. The van der Waals surface area contributed by atoms with Gasteiger partial charge in [0.25, 0.3) is 5.69 Å². The van der Waals surface area contributed by atoms with Gasteiger partial charge in [-0.1, -0.05) is 18.2 Å². The SMILES string of the molecule is COc1ccccc1Cc1cc(C(=O)O)cc([N+](=O)[O-])c1. The Kier molecular flexibility index (Phi) is 4.18. The van der Waals surface area contributed by atoms with Crippen LogP contribution in [0.15, 0.2) is 42.5 Å². The maximum absolute atomic E-state index is 11.1. The molecule has 0 spiro atoms. The molecule has 0 heterocycles. The monoisotopic (exact) mass is 287 g/mol. The van der Waals surface area contributed by atoms with Gasteiger partial charge in [0.2, 0.25) is 0 Å². The number of nitro groups is 1. The predicted molar refractivity (Wildman–Crippen MR) is 75.9 cm³/mol. The van der Waals surface area contributed by atoms with Crippen molar-refractivity contribution in [3.05, 3.63) is 69.3 Å². The second kappa shape index (κ2) is 6.04. The first-order valence-corrected chi connectivity index (χ1v) is 6.15. The number of nitro benzene ring substituents is 1. The number of para-hydroxylation sites is 1. The molecular formula is C15H13NO5. The average Bonchev–Trinajstić information content (AvgIpc) is 2.47. The molecule has 6 nitrogen and oxygen atoms in total. The van der Waals surface area contributed by atoms with Gasteiger partial charge in [0.05, 0.1) is 17.6 Å². The van der Waals surface area contributed by atoms with E-state index in [2.05, 4.69) is 0 Å². The van der Waals surface area contributed by atoms with Gasteiger partial charge in [-0.2, -0.15) is 0 Å². The summed E-state index contributed by atoms with van der Waals surface area (Å²) >= 11 is 0. The summed E-state index contributed by atoms with van der Waals surface area (Å²) in [7, 11) is 1.54. The Bertz CT molecular complexity index is 664. The van der Waals surface area contributed by atoms with E-state index in [4.69, 9.17) is 9.84 Å². The second-order valence-corrected chi connectivity index (χ2v) is 4.44. The van der Waals surface area contributed by atoms with Crippen LogP contribution in [0.5, 0.6) is 5.75 Å². The van der Waals surface area contributed by atoms with E-state index in [-0.39, 0.29) is 11.3 Å². The molecule has 2 aromatic carbocycles. The summed E-state index contributed by atoms with van der Waals surface area (Å²) in [4.78, 5) is 21.3. The third-order valence-corrected chi connectivity index (χ3v) is 3.02. The normalized spacial score (nSPS) is 10.1. The Morgan fingerprint density at radius 2 is 2.00 bits per heavy atom. The number of carboxylic acids is 1. The molecule has 0 bridgehead atoms. The van der Waals surface area contributed by atoms with Gasteiger partial charge in [-0.3, -0.25) is 10.1 Å². The highest BCUT2D eigenvalue weighted by atomic mass is 16.6. The molecule has 108 valence electrons. The number of carbonyl (C=O) groups is 1. The minimum absolute atomic E-state index is 0.103. The fourth-order valence-corrected chi connectivity index (χ4v) is 2.07. The molecule has 0 saturated heterocycles. The number of hydrogen-bond donors (Lipinski definition) is 1. The lowest BCUT2D eigenvalue weighted by molar-refractivity contribution is -0.384. The Labute approximate surface area is 120 Å². The maximum atomic E-state index is 11.1. The number of rotatable bonds is 5. The Hall–Kier alpha value is -2.89. The molecular weight excluding hydrogens is 274 g/mol. The van der Waals surface area contributed by atoms with Crippen LogP contribution >= 0.6 is 0 Å². The fraction of sp³-hybridized carbons (Fsp3) is 0.133. The van der Waals surface area contributed by atoms with Crippen LogP contribution in [0.1, 0.15) is 21.5 Å². The Balaban J connectivity index is 2.43. The van der Waals surface area contributed by atoms with Crippen molar-refractivity contribution in [1.29, 1.82) is 0 Å². The highest BCUT2D eigenvalue weighted by Crippen LogP contribution is 2.24. The fourth-order valence-electron chi connectivity index (χ4n) is 2.07. The molecule has 0 fully saturated rings. The molecule has 21 heavy (non-hydrogen) atoms. The van der Waals surface area contributed by atoms with Crippen molar-refractivity contribution in [3.8, 4) is 5.75 Å². The number of non-ortho nitro benzene ring substituents is 1. The molecule has 0 unspecified atom stereocenters. The molecule has 0 aromatic heterocycles. The van der Waals surface area contributed by atoms with E-state index in [0.29, 0.717) is 17.7 Å². The first kappa shape index (κ1) is 14.5. The van der Waals surface area contributed by atoms with Crippen LogP contribution in [-0.2, 0) is 6.42 Å². The largest absolute Gasteiger partial charge is 0.496 e. The number of ether oxygens (including phenoxy) is 1. The first-order valence-electron chi connectivity index (χ1n) is 6.15. The quantitative estimate of drug-likeness (QED) is 0.674. The third-order valence-electron chi connectivity index (χ3n) is 3.02. The molecule has 0 aliphatic heterocycles. The Morgan fingerprint density at radius 1 is 1.29 bits per heavy atom. The van der Waals surface area contributed by atoms with Crippen molar-refractivity contribution in [1.82, 2.24) is 0 Å². The molecule has 2 rings (SSSR count). The van der Waals surface area contributed by atoms with E-state index < -0.39 is 10.9 Å². The summed E-state index contributed by atoms with van der Waals surface area (Å²) in [5, 5.41) is 19.9. The summed E-state index contributed by atoms with van der Waals surface area (Å²) in [6, 6.07) is 11.1. The minimum Gasteiger partial charge on any atom is -0.496 e. The summed E-state index contributed by atoms with van der Waals surface area (Å²) in [6.07, 6.45) is 0.353. The van der Waals surface area contributed by atoms with E-state index >= 15 is 0 Å². The van der Waals surface area contributed by atoms with Gasteiger partial charge in [-0.05, 0) is 23.3 Å². The molecule has 2 aromatic rings. The van der Waals surface area contributed by atoms with Crippen LogP contribution in [0.4, 0.5) is 5.69 Å². The van der Waals surface area contributed by atoms with Gasteiger partial charge in [-0.25, -0.2) is 4.79 Å². The summed E-state index contributed by atoms with van der Waals surface area (Å²) in [5.41, 5.74) is 1.04. The van der Waals surface area contributed by atoms with Crippen LogP contribution < -0.4 is 4.74 Å². The highest BCUT2D eigenvalue weighted by molar-refractivity contribution is 5.88. The van der Waals surface area contributed by atoms with E-state index in [0.717, 1.165) is 11.6 Å². The van der Waals surface area contributed by atoms with Crippen LogP contribution in [0.25, 0.3) is 0 Å². The first-order chi connectivity index (χ1) is 10.0. The van der Waals surface area contributed by atoms with E-state index in [9.17, 15) is 14.9 Å². The minimum atomic E-state index is -1.19. The van der Waals surface area contributed by atoms with Crippen molar-refractivity contribution in [2.45, 2.75) is 6.42 Å². The van der Waals surface area contributed by atoms with Gasteiger partial charge < -0.3 is 9.84 Å². The number of methoxy groups -OCH3 is 1. The summed E-state index contributed by atoms with van der Waals surface area (Å²) in [5.74, 6) is -0.541. The van der Waals surface area contributed by atoms with Gasteiger partial charge in [0, 0.05) is 18.6 Å². The van der Waals surface area contributed by atoms with Crippen LogP contribution in [0.3, 0.4) is 0 Å². The number of hydrogen-bond acceptors (Lipinski definition) is 4. The number of nitrogens with zero attached hydrogens (tertiary/aromatic N) is 1. The number of carboxylic acid groups (broad SMARTS) is 1. The second-order valence-electron chi connectivity index (χ2n) is 4.44. The van der Waals surface area contributed by atoms with Gasteiger partial charge in [0.15, 0.2) is 0 Å². The van der Waals surface area contributed by atoms with Gasteiger partial charge in [-0.15, -0.1) is 0 Å². The van der Waals surface area contributed by atoms with E-state index in [1.54, 1.807) is 6.07 Å². The van der Waals surface area contributed by atoms with Crippen LogP contribution in [-0.4, -0.2) is 23.1 Å². The molecule has 0 atom stereocenters. The lowest BCUT2D eigenvalue weighted by atomic mass is 10.0. The van der Waals surface area contributed by atoms with Gasteiger partial charge in [0.1, 0.15) is 5.75 Å². The highest BCUT2D eigenvalue weighted by Gasteiger charge is 2.14. The van der Waals surface area contributed by atoms with E-state index in [1.807, 2.05) is 18.2 Å². The smallest absolute Gasteiger partial charge is 0.335 e. The molecule has 6 heteroatoms. The van der Waals surface area contributed by atoms with Crippen molar-refractivity contribution < 1.29 is 19.6 Å². The summed E-state index contributed by atoms with van der Waals surface area (Å²) in [6.45, 7) is 0. The molecule has 0 radical (unpaired) electrons. The van der Waals surface area contributed by atoms with Crippen LogP contribution in [0, 0.1) is 10.1 Å². The topological polar surface area (TPSA) is 89.7 Å². The van der Waals surface area contributed by atoms with Gasteiger partial charge >= 0.3 is 5.97 Å². The molecule has 0 aliphatic carbocycles. The zero-order chi connectivity index (χ0) is 15.4. The lowest BCUT2D eigenvalue weighted by Crippen LogP contribution is -2.01. The molecule has 0 aliphatic rings. The van der Waals surface area contributed by atoms with Crippen LogP contribution in [0.2, 0.25) is 0 Å².